The van der Waals surface area contributed by atoms with E-state index in [1.807, 2.05) is 56.3 Å². The number of hydrogen-bond acceptors (Lipinski definition) is 4. The van der Waals surface area contributed by atoms with Crippen LogP contribution in [-0.4, -0.2) is 39.4 Å². The van der Waals surface area contributed by atoms with Crippen molar-refractivity contribution in [3.05, 3.63) is 59.9 Å². The van der Waals surface area contributed by atoms with Crippen molar-refractivity contribution in [1.29, 1.82) is 0 Å². The van der Waals surface area contributed by atoms with E-state index in [9.17, 15) is 9.59 Å². The highest BCUT2D eigenvalue weighted by Gasteiger charge is 2.08. The Bertz CT molecular complexity index is 999. The minimum Gasteiger partial charge on any atom is -0.355 e. The quantitative estimate of drug-likeness (QED) is 0.529. The molecule has 0 unspecified atom stereocenters. The summed E-state index contributed by atoms with van der Waals surface area (Å²) in [5, 5.41) is 5.76. The molecule has 0 aliphatic rings. The second-order valence-electron chi connectivity index (χ2n) is 6.91. The zero-order valence-corrected chi connectivity index (χ0v) is 17.6. The highest BCUT2D eigenvalue weighted by molar-refractivity contribution is 8.00. The van der Waals surface area contributed by atoms with E-state index in [-0.39, 0.29) is 23.3 Å². The van der Waals surface area contributed by atoms with E-state index in [0.717, 1.165) is 41.1 Å². The van der Waals surface area contributed by atoms with E-state index in [1.54, 1.807) is 0 Å². The molecule has 7 heteroatoms. The summed E-state index contributed by atoms with van der Waals surface area (Å²) in [4.78, 5) is 28.5. The van der Waals surface area contributed by atoms with Crippen molar-refractivity contribution in [2.24, 2.45) is 0 Å². The van der Waals surface area contributed by atoms with Crippen molar-refractivity contribution in [2.45, 2.75) is 26.8 Å². The van der Waals surface area contributed by atoms with Gasteiger partial charge in [0.1, 0.15) is 5.82 Å². The van der Waals surface area contributed by atoms with E-state index in [2.05, 4.69) is 26.3 Å². The number of nitrogens with one attached hydrogen (secondary N) is 2. The van der Waals surface area contributed by atoms with Crippen LogP contribution >= 0.6 is 11.8 Å². The Labute approximate surface area is 175 Å². The number of fused-ring (bicyclic) bond motifs is 1. The molecule has 1 aromatic heterocycles. The number of para-hydroxylation sites is 2. The third-order valence-electron chi connectivity index (χ3n) is 4.49. The van der Waals surface area contributed by atoms with E-state index in [4.69, 9.17) is 0 Å². The fourth-order valence-corrected chi connectivity index (χ4v) is 3.80. The first-order valence-electron chi connectivity index (χ1n) is 9.66. The van der Waals surface area contributed by atoms with Gasteiger partial charge >= 0.3 is 0 Å². The van der Waals surface area contributed by atoms with Gasteiger partial charge in [0.2, 0.25) is 11.8 Å². The van der Waals surface area contributed by atoms with Crippen LogP contribution in [0, 0.1) is 13.8 Å². The predicted octanol–water partition coefficient (Wildman–Crippen LogP) is 3.53. The molecule has 0 radical (unpaired) electrons. The number of carbonyl (C=O) groups excluding carboxylic acids is 2. The first-order chi connectivity index (χ1) is 14.0. The third kappa shape index (κ3) is 6.09. The zero-order chi connectivity index (χ0) is 20.6. The molecule has 2 aromatic carbocycles. The molecule has 152 valence electrons. The van der Waals surface area contributed by atoms with Crippen LogP contribution in [0.25, 0.3) is 11.0 Å². The van der Waals surface area contributed by atoms with Crippen molar-refractivity contribution >= 4 is 40.3 Å². The van der Waals surface area contributed by atoms with Crippen LogP contribution < -0.4 is 10.6 Å². The van der Waals surface area contributed by atoms with Gasteiger partial charge in [-0.15, -0.1) is 11.8 Å². The van der Waals surface area contributed by atoms with E-state index in [0.29, 0.717) is 6.54 Å². The topological polar surface area (TPSA) is 76.0 Å². The third-order valence-corrected chi connectivity index (χ3v) is 5.43. The van der Waals surface area contributed by atoms with Gasteiger partial charge < -0.3 is 15.2 Å². The fraction of sp³-hybridized carbons (Fsp3) is 0.318. The van der Waals surface area contributed by atoms with Gasteiger partial charge in [-0.1, -0.05) is 24.3 Å². The average molecular weight is 411 g/mol. The maximum absolute atomic E-state index is 12.0. The summed E-state index contributed by atoms with van der Waals surface area (Å²) in [7, 11) is 0. The highest BCUT2D eigenvalue weighted by atomic mass is 32.2. The molecule has 0 spiro atoms. The summed E-state index contributed by atoms with van der Waals surface area (Å²) >= 11 is 1.31. The normalized spacial score (nSPS) is 10.8. The number of amides is 2. The van der Waals surface area contributed by atoms with Crippen molar-refractivity contribution in [3.8, 4) is 0 Å². The van der Waals surface area contributed by atoms with Crippen molar-refractivity contribution in [2.75, 3.05) is 23.4 Å². The molecule has 0 aliphatic carbocycles. The van der Waals surface area contributed by atoms with Crippen LogP contribution in [0.4, 0.5) is 5.69 Å². The molecule has 1 heterocycles. The molecule has 6 nitrogen and oxygen atoms in total. The molecule has 2 N–H and O–H groups in total. The molecule has 0 saturated carbocycles. The summed E-state index contributed by atoms with van der Waals surface area (Å²) in [5.74, 6) is 1.35. The number of anilines is 1. The molecule has 0 saturated heterocycles. The summed E-state index contributed by atoms with van der Waals surface area (Å²) in [5.41, 5.74) is 3.98. The number of nitrogens with zero attached hydrogens (tertiary/aromatic N) is 2. The van der Waals surface area contributed by atoms with E-state index < -0.39 is 0 Å². The lowest BCUT2D eigenvalue weighted by Crippen LogP contribution is -2.27. The first kappa shape index (κ1) is 20.9. The number of thioether (sulfide) groups is 1. The summed E-state index contributed by atoms with van der Waals surface area (Å²) in [6, 6.07) is 15.7. The lowest BCUT2D eigenvalue weighted by Gasteiger charge is -2.09. The SMILES string of the molecule is Cc1cccc(NC(=O)CSCC(=O)NCCCn2c(C)nc3ccccc32)c1. The largest absolute Gasteiger partial charge is 0.355 e. The second kappa shape index (κ2) is 10.1. The van der Waals surface area contributed by atoms with Crippen LogP contribution in [-0.2, 0) is 16.1 Å². The lowest BCUT2D eigenvalue weighted by atomic mass is 10.2. The summed E-state index contributed by atoms with van der Waals surface area (Å²) in [6.07, 6.45) is 0.825. The maximum Gasteiger partial charge on any atom is 0.234 e. The number of benzene rings is 2. The van der Waals surface area contributed by atoms with Gasteiger partial charge in [-0.3, -0.25) is 9.59 Å². The van der Waals surface area contributed by atoms with Gasteiger partial charge in [0, 0.05) is 18.8 Å². The van der Waals surface area contributed by atoms with Crippen LogP contribution in [0.3, 0.4) is 0 Å². The smallest absolute Gasteiger partial charge is 0.234 e. The van der Waals surface area contributed by atoms with Crippen LogP contribution in [0.2, 0.25) is 0 Å². The predicted molar refractivity (Wildman–Crippen MR) is 119 cm³/mol. The second-order valence-corrected chi connectivity index (χ2v) is 7.90. The monoisotopic (exact) mass is 410 g/mol. The molecule has 0 bridgehead atoms. The number of aryl methyl sites for hydroxylation is 3. The van der Waals surface area contributed by atoms with Gasteiger partial charge in [-0.2, -0.15) is 0 Å². The van der Waals surface area contributed by atoms with Gasteiger partial charge in [0.15, 0.2) is 0 Å². The number of imidazole rings is 1. The summed E-state index contributed by atoms with van der Waals surface area (Å²) < 4.78 is 2.17. The van der Waals surface area contributed by atoms with Crippen molar-refractivity contribution < 1.29 is 9.59 Å². The number of rotatable bonds is 9. The Hall–Kier alpha value is -2.80. The molecule has 2 amide bonds. The number of aromatic nitrogens is 2. The molecular weight excluding hydrogens is 384 g/mol. The lowest BCUT2D eigenvalue weighted by molar-refractivity contribution is -0.118. The van der Waals surface area contributed by atoms with Gasteiger partial charge in [-0.25, -0.2) is 4.98 Å². The highest BCUT2D eigenvalue weighted by Crippen LogP contribution is 2.15. The van der Waals surface area contributed by atoms with Gasteiger partial charge in [0.25, 0.3) is 0 Å². The Morgan fingerprint density at radius 3 is 2.66 bits per heavy atom. The Balaban J connectivity index is 1.33. The van der Waals surface area contributed by atoms with Crippen LogP contribution in [0.15, 0.2) is 48.5 Å². The molecule has 3 rings (SSSR count). The van der Waals surface area contributed by atoms with Gasteiger partial charge in [-0.05, 0) is 50.1 Å². The minimum atomic E-state index is -0.101. The van der Waals surface area contributed by atoms with Gasteiger partial charge in [0.05, 0.1) is 22.5 Å². The van der Waals surface area contributed by atoms with Crippen molar-refractivity contribution in [1.82, 2.24) is 14.9 Å². The molecule has 3 aromatic rings. The molecular formula is C22H26N4O2S. The molecule has 0 aliphatic heterocycles. The summed E-state index contributed by atoms with van der Waals surface area (Å²) in [6.45, 7) is 5.38. The molecule has 0 fully saturated rings. The number of carbonyl (C=O) groups is 2. The maximum atomic E-state index is 12.0. The Kier molecular flexibility index (Phi) is 7.30. The Morgan fingerprint density at radius 2 is 1.83 bits per heavy atom. The van der Waals surface area contributed by atoms with Crippen LogP contribution in [0.1, 0.15) is 17.8 Å². The molecule has 0 atom stereocenters. The first-order valence-corrected chi connectivity index (χ1v) is 10.8. The average Bonchev–Trinajstić information content (AvgIpc) is 3.00. The van der Waals surface area contributed by atoms with Crippen molar-refractivity contribution in [3.63, 3.8) is 0 Å². The zero-order valence-electron chi connectivity index (χ0n) is 16.8. The van der Waals surface area contributed by atoms with E-state index >= 15 is 0 Å². The minimum absolute atomic E-state index is 0.0504. The Morgan fingerprint density at radius 1 is 1.03 bits per heavy atom. The standard InChI is InChI=1S/C22H26N4O2S/c1-16-7-5-8-18(13-16)25-22(28)15-29-14-21(27)23-11-6-12-26-17(2)24-19-9-3-4-10-20(19)26/h3-5,7-10,13H,6,11-12,14-15H2,1-2H3,(H,23,27)(H,25,28). The molecule has 29 heavy (non-hydrogen) atoms. The number of hydrogen-bond donors (Lipinski definition) is 2. The fourth-order valence-electron chi connectivity index (χ4n) is 3.15. The van der Waals surface area contributed by atoms with E-state index in [1.165, 1.54) is 11.8 Å². The van der Waals surface area contributed by atoms with Crippen LogP contribution in [0.5, 0.6) is 0 Å².